The highest BCUT2D eigenvalue weighted by Crippen LogP contribution is 2.41. The van der Waals surface area contributed by atoms with Gasteiger partial charge < -0.3 is 10.0 Å². The van der Waals surface area contributed by atoms with Gasteiger partial charge in [0.15, 0.2) is 5.78 Å². The lowest BCUT2D eigenvalue weighted by molar-refractivity contribution is -0.143. The highest BCUT2D eigenvalue weighted by Gasteiger charge is 2.47. The fraction of sp³-hybridized carbons (Fsp3) is 0.609. The second-order valence-electron chi connectivity index (χ2n) is 9.30. The number of hydrogen-bond acceptors (Lipinski definition) is 4. The highest BCUT2D eigenvalue weighted by atomic mass is 16.4. The van der Waals surface area contributed by atoms with Gasteiger partial charge in [0.1, 0.15) is 0 Å². The van der Waals surface area contributed by atoms with Crippen molar-refractivity contribution in [1.29, 1.82) is 0 Å². The van der Waals surface area contributed by atoms with E-state index in [1.165, 1.54) is 0 Å². The van der Waals surface area contributed by atoms with E-state index in [0.29, 0.717) is 38.3 Å². The van der Waals surface area contributed by atoms with E-state index in [1.54, 1.807) is 0 Å². The van der Waals surface area contributed by atoms with E-state index in [4.69, 9.17) is 0 Å². The number of carbonyl (C=O) groups excluding carboxylic acids is 2. The second-order valence-corrected chi connectivity index (χ2v) is 9.30. The Hall–Kier alpha value is -2.41. The van der Waals surface area contributed by atoms with Crippen LogP contribution in [0.5, 0.6) is 0 Å². The highest BCUT2D eigenvalue weighted by molar-refractivity contribution is 5.95. The molecule has 1 aliphatic carbocycles. The molecule has 1 aromatic carbocycles. The van der Waals surface area contributed by atoms with Gasteiger partial charge in [-0.15, -0.1) is 0 Å². The van der Waals surface area contributed by atoms with E-state index >= 15 is 0 Å². The van der Waals surface area contributed by atoms with Crippen LogP contribution in [0.1, 0.15) is 44.1 Å². The van der Waals surface area contributed by atoms with Crippen molar-refractivity contribution in [2.45, 2.75) is 50.0 Å². The maximum Gasteiger partial charge on any atom is 0.324 e. The Bertz CT molecular complexity index is 852. The molecule has 30 heavy (non-hydrogen) atoms. The van der Waals surface area contributed by atoms with Crippen LogP contribution in [0.4, 0.5) is 10.5 Å². The molecule has 7 nitrogen and oxygen atoms in total. The molecule has 7 heteroatoms. The average molecular weight is 412 g/mol. The van der Waals surface area contributed by atoms with E-state index in [1.807, 2.05) is 34.1 Å². The van der Waals surface area contributed by atoms with Crippen LogP contribution in [0.3, 0.4) is 0 Å². The molecular formula is C23H29N3O4. The number of nitrogens with zero attached hydrogens (tertiary/aromatic N) is 3. The largest absolute Gasteiger partial charge is 0.481 e. The summed E-state index contributed by atoms with van der Waals surface area (Å²) in [5, 5.41) is 9.19. The van der Waals surface area contributed by atoms with E-state index in [9.17, 15) is 19.5 Å². The SMILES string of the molecule is O=C(O)C1CCC(N2CCN(c3ccc(C45CCN(CC4)CC5=O)cc3)C2=O)CC1. The first-order valence-corrected chi connectivity index (χ1v) is 11.1. The van der Waals surface area contributed by atoms with Gasteiger partial charge in [-0.05, 0) is 69.3 Å². The van der Waals surface area contributed by atoms with Gasteiger partial charge in [0.2, 0.25) is 0 Å². The molecule has 1 N–H and O–H groups in total. The number of benzene rings is 1. The third-order valence-corrected chi connectivity index (χ3v) is 7.87. The molecule has 0 unspecified atom stereocenters. The number of carbonyl (C=O) groups is 3. The van der Waals surface area contributed by atoms with Crippen molar-refractivity contribution < 1.29 is 19.5 Å². The maximum absolute atomic E-state index is 13.1. The summed E-state index contributed by atoms with van der Waals surface area (Å²) >= 11 is 0. The fourth-order valence-corrected chi connectivity index (χ4v) is 5.90. The quantitative estimate of drug-likeness (QED) is 0.823. The number of Topliss-reactive ketones (excluding diaryl/α,β-unsaturated/α-hetero) is 1. The summed E-state index contributed by atoms with van der Waals surface area (Å²) in [5.74, 6) is -0.658. The predicted octanol–water partition coefficient (Wildman–Crippen LogP) is 2.49. The molecule has 6 rings (SSSR count). The number of amides is 2. The molecule has 2 amide bonds. The number of piperidine rings is 3. The van der Waals surface area contributed by atoms with Crippen molar-refractivity contribution in [3.05, 3.63) is 29.8 Å². The van der Waals surface area contributed by atoms with Gasteiger partial charge in [-0.3, -0.25) is 19.4 Å². The summed E-state index contributed by atoms with van der Waals surface area (Å²) in [6.07, 6.45) is 4.59. The molecule has 0 atom stereocenters. The van der Waals surface area contributed by atoms with Gasteiger partial charge >= 0.3 is 12.0 Å². The van der Waals surface area contributed by atoms with Gasteiger partial charge in [-0.2, -0.15) is 0 Å². The summed E-state index contributed by atoms with van der Waals surface area (Å²) in [7, 11) is 0. The van der Waals surface area contributed by atoms with Crippen LogP contribution in [0.15, 0.2) is 24.3 Å². The molecule has 5 fully saturated rings. The summed E-state index contributed by atoms with van der Waals surface area (Å²) < 4.78 is 0. The summed E-state index contributed by atoms with van der Waals surface area (Å²) in [6, 6.07) is 8.22. The molecule has 5 aliphatic rings. The van der Waals surface area contributed by atoms with Gasteiger partial charge in [-0.25, -0.2) is 4.79 Å². The second kappa shape index (κ2) is 7.38. The first kappa shape index (κ1) is 19.5. The molecule has 1 aromatic rings. The lowest BCUT2D eigenvalue weighted by atomic mass is 9.66. The smallest absolute Gasteiger partial charge is 0.324 e. The van der Waals surface area contributed by atoms with Gasteiger partial charge in [-0.1, -0.05) is 12.1 Å². The Labute approximate surface area is 176 Å². The first-order chi connectivity index (χ1) is 14.5. The third-order valence-electron chi connectivity index (χ3n) is 7.87. The Balaban J connectivity index is 1.27. The first-order valence-electron chi connectivity index (χ1n) is 11.1. The van der Waals surface area contributed by atoms with Crippen LogP contribution < -0.4 is 4.90 Å². The molecule has 0 radical (unpaired) electrons. The normalized spacial score (nSPS) is 33.9. The van der Waals surface area contributed by atoms with Crippen molar-refractivity contribution in [2.75, 3.05) is 37.6 Å². The average Bonchev–Trinajstić information content (AvgIpc) is 3.16. The number of rotatable bonds is 4. The van der Waals surface area contributed by atoms with Crippen LogP contribution in [-0.4, -0.2) is 71.5 Å². The number of aliphatic carboxylic acids is 1. The molecule has 4 heterocycles. The van der Waals surface area contributed by atoms with Gasteiger partial charge in [0.25, 0.3) is 0 Å². The molecule has 0 spiro atoms. The van der Waals surface area contributed by atoms with Crippen molar-refractivity contribution >= 4 is 23.5 Å². The molecular weight excluding hydrogens is 382 g/mol. The van der Waals surface area contributed by atoms with Crippen molar-refractivity contribution in [1.82, 2.24) is 9.80 Å². The number of ketones is 1. The van der Waals surface area contributed by atoms with Crippen LogP contribution in [0.2, 0.25) is 0 Å². The van der Waals surface area contributed by atoms with Crippen molar-refractivity contribution in [3.8, 4) is 0 Å². The molecule has 4 saturated heterocycles. The Kier molecular flexibility index (Phi) is 4.81. The van der Waals surface area contributed by atoms with Crippen molar-refractivity contribution in [2.24, 2.45) is 5.92 Å². The van der Waals surface area contributed by atoms with E-state index in [2.05, 4.69) is 4.90 Å². The number of carboxylic acids is 1. The van der Waals surface area contributed by atoms with Gasteiger partial charge in [0, 0.05) is 24.8 Å². The number of anilines is 1. The van der Waals surface area contributed by atoms with Crippen LogP contribution in [0, 0.1) is 5.92 Å². The lowest BCUT2D eigenvalue weighted by Gasteiger charge is -2.47. The fourth-order valence-electron chi connectivity index (χ4n) is 5.90. The van der Waals surface area contributed by atoms with Crippen LogP contribution in [-0.2, 0) is 15.0 Å². The third kappa shape index (κ3) is 3.11. The Morgan fingerprint density at radius 3 is 2.20 bits per heavy atom. The zero-order chi connectivity index (χ0) is 20.9. The number of fused-ring (bicyclic) bond motifs is 3. The summed E-state index contributed by atoms with van der Waals surface area (Å²) in [4.78, 5) is 42.9. The number of urea groups is 1. The topological polar surface area (TPSA) is 81.2 Å². The minimum absolute atomic E-state index is 0.0155. The maximum atomic E-state index is 13.1. The number of carboxylic acid groups (broad SMARTS) is 1. The van der Waals surface area contributed by atoms with Gasteiger partial charge in [0.05, 0.1) is 17.9 Å². The molecule has 2 bridgehead atoms. The molecule has 1 saturated carbocycles. The zero-order valence-electron chi connectivity index (χ0n) is 17.3. The minimum atomic E-state index is -0.718. The number of hydrogen-bond donors (Lipinski definition) is 1. The van der Waals surface area contributed by atoms with Crippen LogP contribution >= 0.6 is 0 Å². The summed E-state index contributed by atoms with van der Waals surface area (Å²) in [5.41, 5.74) is 1.63. The minimum Gasteiger partial charge on any atom is -0.481 e. The predicted molar refractivity (Wildman–Crippen MR) is 112 cm³/mol. The molecule has 160 valence electrons. The monoisotopic (exact) mass is 411 g/mol. The van der Waals surface area contributed by atoms with E-state index in [-0.39, 0.29) is 23.4 Å². The van der Waals surface area contributed by atoms with E-state index in [0.717, 1.165) is 50.0 Å². The Morgan fingerprint density at radius 2 is 1.60 bits per heavy atom. The molecule has 0 aromatic heterocycles. The standard InChI is InChI=1S/C23H29N3O4/c27-20-15-24-11-9-23(20,10-12-24)17-3-7-19(8-4-17)26-14-13-25(22(26)30)18-5-1-16(2-6-18)21(28)29/h3-4,7-8,16,18H,1-2,5-6,9-15H2,(H,28,29). The van der Waals surface area contributed by atoms with Crippen LogP contribution in [0.25, 0.3) is 0 Å². The van der Waals surface area contributed by atoms with Crippen molar-refractivity contribution in [3.63, 3.8) is 0 Å². The zero-order valence-corrected chi connectivity index (χ0v) is 17.3. The van der Waals surface area contributed by atoms with E-state index < -0.39 is 5.97 Å². The lowest BCUT2D eigenvalue weighted by Crippen LogP contribution is -2.57. The Morgan fingerprint density at radius 1 is 0.933 bits per heavy atom. The summed E-state index contributed by atoms with van der Waals surface area (Å²) in [6.45, 7) is 3.86. The molecule has 4 aliphatic heterocycles.